The highest BCUT2D eigenvalue weighted by Gasteiger charge is 2.35. The van der Waals surface area contributed by atoms with E-state index in [0.717, 1.165) is 25.0 Å². The minimum Gasteiger partial charge on any atom is -0.462 e. The van der Waals surface area contributed by atoms with Gasteiger partial charge in [0.2, 0.25) is 0 Å². The summed E-state index contributed by atoms with van der Waals surface area (Å²) in [7, 11) is 0. The second kappa shape index (κ2) is 4.87. The fraction of sp³-hybridized carbons (Fsp3) is 0.647. The van der Waals surface area contributed by atoms with Crippen molar-refractivity contribution >= 4 is 5.97 Å². The lowest BCUT2D eigenvalue weighted by atomic mass is 9.75. The molecule has 1 aromatic rings. The third kappa shape index (κ3) is 2.34. The first-order valence-electron chi connectivity index (χ1n) is 7.74. The van der Waals surface area contributed by atoms with Crippen molar-refractivity contribution < 1.29 is 9.53 Å². The van der Waals surface area contributed by atoms with Crippen LogP contribution in [0.4, 0.5) is 0 Å². The number of esters is 1. The number of carbonyl (C=O) groups is 1. The number of rotatable bonds is 3. The Morgan fingerprint density at radius 3 is 2.85 bits per heavy atom. The molecule has 0 N–H and O–H groups in total. The first-order valence-corrected chi connectivity index (χ1v) is 7.74. The zero-order chi connectivity index (χ0) is 14.3. The second-order valence-electron chi connectivity index (χ2n) is 6.66. The maximum atomic E-state index is 12.2. The van der Waals surface area contributed by atoms with Crippen LogP contribution in [-0.4, -0.2) is 17.6 Å². The molecule has 20 heavy (non-hydrogen) atoms. The van der Waals surface area contributed by atoms with E-state index in [9.17, 15) is 4.79 Å². The molecular weight excluding hydrogens is 250 g/mol. The van der Waals surface area contributed by atoms with E-state index in [-0.39, 0.29) is 11.4 Å². The van der Waals surface area contributed by atoms with Crippen molar-refractivity contribution in [3.8, 4) is 0 Å². The molecule has 2 aliphatic carbocycles. The molecule has 1 heterocycles. The molecule has 0 amide bonds. The van der Waals surface area contributed by atoms with E-state index >= 15 is 0 Å². The number of pyridine rings is 1. The molecule has 0 saturated heterocycles. The van der Waals surface area contributed by atoms with Gasteiger partial charge in [0.25, 0.3) is 0 Å². The molecule has 0 spiro atoms. The van der Waals surface area contributed by atoms with Crippen molar-refractivity contribution in [2.75, 3.05) is 6.61 Å². The van der Waals surface area contributed by atoms with Crippen LogP contribution in [0, 0.1) is 0 Å². The lowest BCUT2D eigenvalue weighted by Crippen LogP contribution is -2.27. The predicted octanol–water partition coefficient (Wildman–Crippen LogP) is 3.75. The van der Waals surface area contributed by atoms with Crippen molar-refractivity contribution in [3.05, 3.63) is 28.6 Å². The summed E-state index contributed by atoms with van der Waals surface area (Å²) in [6.07, 6.45) is 5.68. The summed E-state index contributed by atoms with van der Waals surface area (Å²) >= 11 is 0. The van der Waals surface area contributed by atoms with Crippen LogP contribution in [0.1, 0.15) is 79.7 Å². The lowest BCUT2D eigenvalue weighted by molar-refractivity contribution is 0.0524. The van der Waals surface area contributed by atoms with Gasteiger partial charge in [-0.1, -0.05) is 13.8 Å². The maximum absolute atomic E-state index is 12.2. The molecule has 3 rings (SSSR count). The van der Waals surface area contributed by atoms with Crippen molar-refractivity contribution in [1.29, 1.82) is 0 Å². The van der Waals surface area contributed by atoms with Crippen molar-refractivity contribution in [2.45, 2.75) is 64.2 Å². The first-order chi connectivity index (χ1) is 9.53. The number of fused-ring (bicyclic) bond motifs is 1. The van der Waals surface area contributed by atoms with Gasteiger partial charge in [-0.2, -0.15) is 0 Å². The molecule has 3 heteroatoms. The van der Waals surface area contributed by atoms with Gasteiger partial charge in [-0.15, -0.1) is 0 Å². The number of hydrogen-bond acceptors (Lipinski definition) is 3. The Hall–Kier alpha value is -1.38. The molecule has 0 atom stereocenters. The SMILES string of the molecule is CCOC(=O)c1cc2c(nc1C1CC1)C(C)(C)CCC2. The highest BCUT2D eigenvalue weighted by Crippen LogP contribution is 2.44. The van der Waals surface area contributed by atoms with Crippen LogP contribution >= 0.6 is 0 Å². The Bertz CT molecular complexity index is 544. The summed E-state index contributed by atoms with van der Waals surface area (Å²) in [6.45, 7) is 6.80. The molecule has 0 aliphatic heterocycles. The number of carbonyl (C=O) groups excluding carboxylic acids is 1. The molecule has 0 bridgehead atoms. The molecule has 2 aliphatic rings. The average molecular weight is 273 g/mol. The molecule has 1 saturated carbocycles. The smallest absolute Gasteiger partial charge is 0.339 e. The maximum Gasteiger partial charge on any atom is 0.339 e. The van der Waals surface area contributed by atoms with E-state index in [1.165, 1.54) is 24.1 Å². The average Bonchev–Trinajstić information content (AvgIpc) is 3.22. The lowest BCUT2D eigenvalue weighted by Gasteiger charge is -2.32. The summed E-state index contributed by atoms with van der Waals surface area (Å²) in [5, 5.41) is 0. The zero-order valence-corrected chi connectivity index (χ0v) is 12.7. The predicted molar refractivity (Wildman–Crippen MR) is 78.1 cm³/mol. The van der Waals surface area contributed by atoms with Crippen molar-refractivity contribution in [3.63, 3.8) is 0 Å². The molecule has 3 nitrogen and oxygen atoms in total. The van der Waals surface area contributed by atoms with E-state index in [1.807, 2.05) is 6.92 Å². The topological polar surface area (TPSA) is 39.2 Å². The molecule has 0 aromatic carbocycles. The molecule has 0 unspecified atom stereocenters. The summed E-state index contributed by atoms with van der Waals surface area (Å²) in [5.41, 5.74) is 4.28. The van der Waals surface area contributed by atoms with Gasteiger partial charge in [0.05, 0.1) is 17.9 Å². The van der Waals surface area contributed by atoms with Gasteiger partial charge in [0, 0.05) is 17.0 Å². The molecule has 108 valence electrons. The second-order valence-corrected chi connectivity index (χ2v) is 6.66. The number of aromatic nitrogens is 1. The van der Waals surface area contributed by atoms with Crippen LogP contribution in [0.3, 0.4) is 0 Å². The monoisotopic (exact) mass is 273 g/mol. The Kier molecular flexibility index (Phi) is 3.31. The third-order valence-corrected chi connectivity index (χ3v) is 4.48. The Morgan fingerprint density at radius 1 is 1.45 bits per heavy atom. The third-order valence-electron chi connectivity index (χ3n) is 4.48. The number of ether oxygens (including phenoxy) is 1. The van der Waals surface area contributed by atoms with E-state index < -0.39 is 0 Å². The molecule has 1 fully saturated rings. The summed E-state index contributed by atoms with van der Waals surface area (Å²) < 4.78 is 5.21. The minimum absolute atomic E-state index is 0.129. The van der Waals surface area contributed by atoms with Crippen LogP contribution in [0.5, 0.6) is 0 Å². The van der Waals surface area contributed by atoms with E-state index in [1.54, 1.807) is 0 Å². The van der Waals surface area contributed by atoms with Crippen LogP contribution in [-0.2, 0) is 16.6 Å². The fourth-order valence-corrected chi connectivity index (χ4v) is 3.23. The van der Waals surface area contributed by atoms with Gasteiger partial charge in [-0.25, -0.2) is 4.79 Å². The van der Waals surface area contributed by atoms with Crippen LogP contribution in [0.15, 0.2) is 6.07 Å². The van der Waals surface area contributed by atoms with Crippen LogP contribution < -0.4 is 0 Å². The zero-order valence-electron chi connectivity index (χ0n) is 12.7. The number of nitrogens with zero attached hydrogens (tertiary/aromatic N) is 1. The molecular formula is C17H23NO2. The van der Waals surface area contributed by atoms with E-state index in [2.05, 4.69) is 19.9 Å². The standard InChI is InChI=1S/C17H23NO2/c1-4-20-16(19)13-10-12-6-5-9-17(2,3)15(12)18-14(13)11-7-8-11/h10-11H,4-9H2,1-3H3. The van der Waals surface area contributed by atoms with Crippen molar-refractivity contribution in [2.24, 2.45) is 0 Å². The Labute approximate surface area is 120 Å². The summed E-state index contributed by atoms with van der Waals surface area (Å²) in [5.74, 6) is 0.269. The van der Waals surface area contributed by atoms with Gasteiger partial charge in [0.1, 0.15) is 0 Å². The first kappa shape index (κ1) is 13.6. The number of aryl methyl sites for hydroxylation is 1. The normalized spacial score (nSPS) is 20.4. The van der Waals surface area contributed by atoms with Gasteiger partial charge in [-0.3, -0.25) is 4.98 Å². The van der Waals surface area contributed by atoms with Gasteiger partial charge >= 0.3 is 5.97 Å². The highest BCUT2D eigenvalue weighted by atomic mass is 16.5. The van der Waals surface area contributed by atoms with Crippen LogP contribution in [0.25, 0.3) is 0 Å². The van der Waals surface area contributed by atoms with Crippen molar-refractivity contribution in [1.82, 2.24) is 4.98 Å². The minimum atomic E-state index is -0.201. The van der Waals surface area contributed by atoms with Gasteiger partial charge in [0.15, 0.2) is 0 Å². The van der Waals surface area contributed by atoms with Gasteiger partial charge < -0.3 is 4.74 Å². The van der Waals surface area contributed by atoms with Crippen LogP contribution in [0.2, 0.25) is 0 Å². The molecule has 0 radical (unpaired) electrons. The van der Waals surface area contributed by atoms with E-state index in [0.29, 0.717) is 18.1 Å². The number of hydrogen-bond donors (Lipinski definition) is 0. The summed E-state index contributed by atoms with van der Waals surface area (Å²) in [4.78, 5) is 17.1. The highest BCUT2D eigenvalue weighted by molar-refractivity contribution is 5.91. The largest absolute Gasteiger partial charge is 0.462 e. The van der Waals surface area contributed by atoms with Gasteiger partial charge in [-0.05, 0) is 50.7 Å². The fourth-order valence-electron chi connectivity index (χ4n) is 3.23. The van der Waals surface area contributed by atoms with E-state index in [4.69, 9.17) is 9.72 Å². The Balaban J connectivity index is 2.09. The molecule has 1 aromatic heterocycles. The Morgan fingerprint density at radius 2 is 2.20 bits per heavy atom. The quantitative estimate of drug-likeness (QED) is 0.787. The summed E-state index contributed by atoms with van der Waals surface area (Å²) in [6, 6.07) is 2.06.